The molecule has 2 atom stereocenters. The molecule has 0 aromatic heterocycles. The van der Waals surface area contributed by atoms with Gasteiger partial charge < -0.3 is 4.74 Å². The molecule has 2 aliphatic rings. The molecule has 7 nitrogen and oxygen atoms in total. The lowest BCUT2D eigenvalue weighted by atomic mass is 10.1. The quantitative estimate of drug-likeness (QED) is 0.576. The molecule has 2 aromatic rings. The first-order valence-electron chi connectivity index (χ1n) is 12.0. The third-order valence-corrected chi connectivity index (χ3v) is 11.1. The molecule has 2 heterocycles. The van der Waals surface area contributed by atoms with E-state index in [4.69, 9.17) is 4.74 Å². The molecule has 186 valence electrons. The molecule has 2 fully saturated rings. The summed E-state index contributed by atoms with van der Waals surface area (Å²) >= 11 is 0. The summed E-state index contributed by atoms with van der Waals surface area (Å²) in [5, 5.41) is 0. The highest BCUT2D eigenvalue weighted by Gasteiger charge is 2.34. The number of rotatable bonds is 6. The number of ether oxygens (including phenoxy) is 1. The molecule has 2 saturated heterocycles. The summed E-state index contributed by atoms with van der Waals surface area (Å²) in [6.45, 7) is 4.91. The van der Waals surface area contributed by atoms with E-state index in [1.165, 1.54) is 7.11 Å². The van der Waals surface area contributed by atoms with Crippen molar-refractivity contribution in [3.63, 3.8) is 0 Å². The molecule has 0 saturated carbocycles. The van der Waals surface area contributed by atoms with Gasteiger partial charge in [0, 0.05) is 36.8 Å². The Kier molecular flexibility index (Phi) is 7.38. The third-order valence-electron chi connectivity index (χ3n) is 7.03. The lowest BCUT2D eigenvalue weighted by molar-refractivity contribution is 0.268. The van der Waals surface area contributed by atoms with E-state index >= 15 is 0 Å². The van der Waals surface area contributed by atoms with Crippen LogP contribution in [0.5, 0.6) is 5.75 Å². The average Bonchev–Trinajstić information content (AvgIpc) is 2.84. The van der Waals surface area contributed by atoms with Gasteiger partial charge in [-0.15, -0.1) is 0 Å². The molecule has 0 aliphatic carbocycles. The zero-order valence-corrected chi connectivity index (χ0v) is 21.7. The van der Waals surface area contributed by atoms with Crippen LogP contribution in [-0.4, -0.2) is 57.7 Å². The number of benzene rings is 2. The molecule has 0 bridgehead atoms. The second kappa shape index (κ2) is 9.97. The minimum absolute atomic E-state index is 0.0247. The van der Waals surface area contributed by atoms with Crippen LogP contribution in [0.1, 0.15) is 52.4 Å². The molecule has 4 rings (SSSR count). The molecule has 2 aliphatic heterocycles. The first kappa shape index (κ1) is 25.2. The second-order valence-corrected chi connectivity index (χ2v) is 13.1. The summed E-state index contributed by atoms with van der Waals surface area (Å²) in [6.07, 6.45) is 5.45. The predicted octanol–water partition coefficient (Wildman–Crippen LogP) is 4.49. The van der Waals surface area contributed by atoms with Crippen LogP contribution in [0.25, 0.3) is 11.1 Å². The van der Waals surface area contributed by atoms with Crippen molar-refractivity contribution in [2.45, 2.75) is 74.2 Å². The topological polar surface area (TPSA) is 84.0 Å². The number of methoxy groups -OCH3 is 1. The van der Waals surface area contributed by atoms with Crippen LogP contribution < -0.4 is 4.74 Å². The minimum atomic E-state index is -3.76. The van der Waals surface area contributed by atoms with E-state index in [1.54, 1.807) is 51.1 Å². The Hall–Kier alpha value is -1.94. The number of piperidine rings is 2. The minimum Gasteiger partial charge on any atom is -0.497 e. The highest BCUT2D eigenvalue weighted by atomic mass is 32.2. The fourth-order valence-corrected chi connectivity index (χ4v) is 8.64. The summed E-state index contributed by atoms with van der Waals surface area (Å²) in [7, 11) is -5.85. The van der Waals surface area contributed by atoms with Crippen LogP contribution in [0.4, 0.5) is 0 Å². The van der Waals surface area contributed by atoms with E-state index in [1.807, 2.05) is 13.8 Å². The van der Waals surface area contributed by atoms with Crippen molar-refractivity contribution >= 4 is 20.0 Å². The Bertz CT molecular complexity index is 1230. The smallest absolute Gasteiger partial charge is 0.244 e. The highest BCUT2D eigenvalue weighted by Crippen LogP contribution is 2.36. The van der Waals surface area contributed by atoms with Crippen molar-refractivity contribution in [3.05, 3.63) is 42.5 Å². The SMILES string of the molecule is COc1ccc(-c2ccc(S(=O)(=O)N3CCCC[C@@H]3C)cc2)c(S(=O)(=O)N2CCCC[C@H]2C)c1. The van der Waals surface area contributed by atoms with Crippen LogP contribution >= 0.6 is 0 Å². The Morgan fingerprint density at radius 2 is 1.32 bits per heavy atom. The van der Waals surface area contributed by atoms with Gasteiger partial charge in [0.15, 0.2) is 0 Å². The Balaban J connectivity index is 1.72. The van der Waals surface area contributed by atoms with Crippen LogP contribution in [0, 0.1) is 0 Å². The fourth-order valence-electron chi connectivity index (χ4n) is 5.01. The molecular formula is C25H34N2O5S2. The maximum Gasteiger partial charge on any atom is 0.244 e. The van der Waals surface area contributed by atoms with Gasteiger partial charge in [-0.05, 0) is 69.4 Å². The van der Waals surface area contributed by atoms with Gasteiger partial charge in [0.1, 0.15) is 5.75 Å². The third kappa shape index (κ3) is 4.76. The molecule has 0 spiro atoms. The summed E-state index contributed by atoms with van der Waals surface area (Å²) in [6, 6.07) is 11.5. The van der Waals surface area contributed by atoms with Crippen LogP contribution in [0.3, 0.4) is 0 Å². The van der Waals surface area contributed by atoms with Gasteiger partial charge in [0.05, 0.1) is 16.9 Å². The first-order chi connectivity index (χ1) is 16.2. The standard InChI is InChI=1S/C25H34N2O5S2/c1-19-8-4-6-16-26(19)33(28,29)23-13-10-21(11-14-23)24-15-12-22(32-3)18-25(24)34(30,31)27-17-7-5-9-20(27)2/h10-15,18-20H,4-9,16-17H2,1-3H3/t19-,20+/m0/s1. The van der Waals surface area contributed by atoms with Crippen molar-refractivity contribution in [3.8, 4) is 16.9 Å². The lowest BCUT2D eigenvalue weighted by Gasteiger charge is -2.33. The van der Waals surface area contributed by atoms with E-state index < -0.39 is 20.0 Å². The summed E-state index contributed by atoms with van der Waals surface area (Å²) in [5.74, 6) is 0.463. The van der Waals surface area contributed by atoms with Crippen molar-refractivity contribution in [1.82, 2.24) is 8.61 Å². The van der Waals surface area contributed by atoms with Crippen molar-refractivity contribution in [2.24, 2.45) is 0 Å². The molecule has 9 heteroatoms. The zero-order valence-electron chi connectivity index (χ0n) is 20.1. The molecule has 0 unspecified atom stereocenters. The maximum absolute atomic E-state index is 13.7. The number of sulfonamides is 2. The van der Waals surface area contributed by atoms with E-state index in [2.05, 4.69) is 0 Å². The predicted molar refractivity (Wildman–Crippen MR) is 133 cm³/mol. The summed E-state index contributed by atoms with van der Waals surface area (Å²) < 4.78 is 62.3. The van der Waals surface area contributed by atoms with Gasteiger partial charge in [0.2, 0.25) is 20.0 Å². The van der Waals surface area contributed by atoms with Gasteiger partial charge in [-0.1, -0.05) is 25.0 Å². The second-order valence-electron chi connectivity index (χ2n) is 9.31. The van der Waals surface area contributed by atoms with Crippen LogP contribution in [0.15, 0.2) is 52.3 Å². The Morgan fingerprint density at radius 3 is 1.85 bits per heavy atom. The van der Waals surface area contributed by atoms with Gasteiger partial charge in [0.25, 0.3) is 0 Å². The van der Waals surface area contributed by atoms with Gasteiger partial charge >= 0.3 is 0 Å². The first-order valence-corrected chi connectivity index (χ1v) is 14.9. The molecule has 0 radical (unpaired) electrons. The number of hydrogen-bond donors (Lipinski definition) is 0. The molecule has 0 N–H and O–H groups in total. The van der Waals surface area contributed by atoms with Crippen molar-refractivity contribution < 1.29 is 21.6 Å². The highest BCUT2D eigenvalue weighted by molar-refractivity contribution is 7.89. The molecular weight excluding hydrogens is 472 g/mol. The summed E-state index contributed by atoms with van der Waals surface area (Å²) in [5.41, 5.74) is 1.19. The lowest BCUT2D eigenvalue weighted by Crippen LogP contribution is -2.42. The van der Waals surface area contributed by atoms with E-state index in [-0.39, 0.29) is 21.9 Å². The van der Waals surface area contributed by atoms with E-state index in [0.29, 0.717) is 30.0 Å². The van der Waals surface area contributed by atoms with Crippen LogP contribution in [0.2, 0.25) is 0 Å². The Morgan fingerprint density at radius 1 is 0.765 bits per heavy atom. The number of nitrogens with zero attached hydrogens (tertiary/aromatic N) is 2. The molecule has 2 aromatic carbocycles. The van der Waals surface area contributed by atoms with Crippen molar-refractivity contribution in [1.29, 1.82) is 0 Å². The monoisotopic (exact) mass is 506 g/mol. The Labute approximate surface area is 203 Å². The molecule has 34 heavy (non-hydrogen) atoms. The maximum atomic E-state index is 13.7. The zero-order chi connectivity index (χ0) is 24.5. The number of hydrogen-bond acceptors (Lipinski definition) is 5. The molecule has 0 amide bonds. The van der Waals surface area contributed by atoms with Gasteiger partial charge in [-0.2, -0.15) is 8.61 Å². The van der Waals surface area contributed by atoms with Crippen molar-refractivity contribution in [2.75, 3.05) is 20.2 Å². The van der Waals surface area contributed by atoms with Crippen LogP contribution in [-0.2, 0) is 20.0 Å². The largest absolute Gasteiger partial charge is 0.497 e. The summed E-state index contributed by atoms with van der Waals surface area (Å²) in [4.78, 5) is 0.411. The normalized spacial score (nSPS) is 23.0. The average molecular weight is 507 g/mol. The van der Waals surface area contributed by atoms with E-state index in [0.717, 1.165) is 38.5 Å². The van der Waals surface area contributed by atoms with E-state index in [9.17, 15) is 16.8 Å². The van der Waals surface area contributed by atoms with Gasteiger partial charge in [-0.25, -0.2) is 16.8 Å². The van der Waals surface area contributed by atoms with Gasteiger partial charge in [-0.3, -0.25) is 0 Å². The fraction of sp³-hybridized carbons (Fsp3) is 0.520.